The average molecular weight is 288 g/mol. The molecule has 0 aromatic carbocycles. The van der Waals surface area contributed by atoms with Gasteiger partial charge in [0.1, 0.15) is 0 Å². The minimum Gasteiger partial charge on any atom is -0.481 e. The number of hydrogen-bond acceptors (Lipinski definition) is 3. The lowest BCUT2D eigenvalue weighted by molar-refractivity contribution is -0.141. The molecule has 2 atom stereocenters. The number of halogens is 1. The lowest BCUT2D eigenvalue weighted by Gasteiger charge is -2.09. The highest BCUT2D eigenvalue weighted by Gasteiger charge is 2.33. The number of thiophene rings is 1. The van der Waals surface area contributed by atoms with Crippen LogP contribution < -0.4 is 5.32 Å². The van der Waals surface area contributed by atoms with Gasteiger partial charge >= 0.3 is 5.97 Å². The molecule has 0 aliphatic heterocycles. The number of carboxylic acids is 1. The van der Waals surface area contributed by atoms with E-state index in [1.165, 1.54) is 11.3 Å². The maximum absolute atomic E-state index is 11.9. The van der Waals surface area contributed by atoms with E-state index in [-0.39, 0.29) is 17.7 Å². The SMILES string of the molecule is O=C(O)[C@H]1CC[C@@H](C(=O)NCc2ccc(Cl)s2)C1. The highest BCUT2D eigenvalue weighted by Crippen LogP contribution is 2.31. The number of hydrogen-bond donors (Lipinski definition) is 2. The summed E-state index contributed by atoms with van der Waals surface area (Å²) in [7, 11) is 0. The van der Waals surface area contributed by atoms with Gasteiger partial charge in [0.2, 0.25) is 5.91 Å². The van der Waals surface area contributed by atoms with Crippen molar-refractivity contribution >= 4 is 34.8 Å². The van der Waals surface area contributed by atoms with Crippen LogP contribution in [0.3, 0.4) is 0 Å². The molecule has 6 heteroatoms. The molecule has 18 heavy (non-hydrogen) atoms. The summed E-state index contributed by atoms with van der Waals surface area (Å²) < 4.78 is 0.700. The molecule has 1 aliphatic carbocycles. The van der Waals surface area contributed by atoms with Crippen molar-refractivity contribution in [2.24, 2.45) is 11.8 Å². The average Bonchev–Trinajstić information content (AvgIpc) is 2.94. The summed E-state index contributed by atoms with van der Waals surface area (Å²) in [5, 5.41) is 11.7. The highest BCUT2D eigenvalue weighted by atomic mass is 35.5. The second-order valence-electron chi connectivity index (χ2n) is 4.47. The van der Waals surface area contributed by atoms with Crippen LogP contribution in [0.1, 0.15) is 24.1 Å². The molecule has 1 saturated carbocycles. The highest BCUT2D eigenvalue weighted by molar-refractivity contribution is 7.16. The number of nitrogens with one attached hydrogen (secondary N) is 1. The molecule has 0 saturated heterocycles. The van der Waals surface area contributed by atoms with Crippen molar-refractivity contribution in [1.82, 2.24) is 5.32 Å². The monoisotopic (exact) mass is 287 g/mol. The molecule has 1 aromatic rings. The topological polar surface area (TPSA) is 66.4 Å². The summed E-state index contributed by atoms with van der Waals surface area (Å²) in [6.07, 6.45) is 1.71. The molecule has 1 aromatic heterocycles. The van der Waals surface area contributed by atoms with E-state index in [1.807, 2.05) is 6.07 Å². The lowest BCUT2D eigenvalue weighted by atomic mass is 10.0. The Morgan fingerprint density at radius 2 is 2.11 bits per heavy atom. The van der Waals surface area contributed by atoms with E-state index in [4.69, 9.17) is 16.7 Å². The molecule has 0 unspecified atom stereocenters. The molecule has 2 rings (SSSR count). The van der Waals surface area contributed by atoms with Crippen LogP contribution in [0.15, 0.2) is 12.1 Å². The van der Waals surface area contributed by atoms with E-state index in [2.05, 4.69) is 5.32 Å². The molecule has 0 bridgehead atoms. The molecule has 0 spiro atoms. The van der Waals surface area contributed by atoms with Gasteiger partial charge in [0.15, 0.2) is 0 Å². The maximum Gasteiger partial charge on any atom is 0.306 e. The number of amides is 1. The van der Waals surface area contributed by atoms with Gasteiger partial charge in [-0.3, -0.25) is 9.59 Å². The summed E-state index contributed by atoms with van der Waals surface area (Å²) in [4.78, 5) is 23.7. The molecule has 98 valence electrons. The molecule has 1 heterocycles. The quantitative estimate of drug-likeness (QED) is 0.894. The van der Waals surface area contributed by atoms with Crippen molar-refractivity contribution in [3.63, 3.8) is 0 Å². The van der Waals surface area contributed by atoms with Gasteiger partial charge in [-0.05, 0) is 31.4 Å². The number of rotatable bonds is 4. The molecular formula is C12H14ClNO3S. The Labute approximate surface area is 114 Å². The minimum absolute atomic E-state index is 0.0525. The zero-order valence-electron chi connectivity index (χ0n) is 9.69. The molecule has 2 N–H and O–H groups in total. The smallest absolute Gasteiger partial charge is 0.306 e. The molecule has 1 aliphatic rings. The largest absolute Gasteiger partial charge is 0.481 e. The summed E-state index contributed by atoms with van der Waals surface area (Å²) in [5.74, 6) is -1.38. The number of carbonyl (C=O) groups is 2. The summed E-state index contributed by atoms with van der Waals surface area (Å²) in [6, 6.07) is 3.67. The Morgan fingerprint density at radius 1 is 1.39 bits per heavy atom. The summed E-state index contributed by atoms with van der Waals surface area (Å²) in [5.41, 5.74) is 0. The molecule has 0 radical (unpaired) electrons. The number of carboxylic acid groups (broad SMARTS) is 1. The Bertz CT molecular complexity index is 460. The predicted molar refractivity (Wildman–Crippen MR) is 69.6 cm³/mol. The first-order valence-corrected chi connectivity index (χ1v) is 7.00. The van der Waals surface area contributed by atoms with Crippen LogP contribution in [-0.2, 0) is 16.1 Å². The van der Waals surface area contributed by atoms with Crippen LogP contribution in [0.25, 0.3) is 0 Å². The van der Waals surface area contributed by atoms with Crippen LogP contribution in [0.2, 0.25) is 4.34 Å². The van der Waals surface area contributed by atoms with Crippen LogP contribution in [0.4, 0.5) is 0 Å². The van der Waals surface area contributed by atoms with Crippen molar-refractivity contribution in [3.05, 3.63) is 21.3 Å². The molecule has 1 amide bonds. The standard InChI is InChI=1S/C12H14ClNO3S/c13-10-4-3-9(18-10)6-14-11(15)7-1-2-8(5-7)12(16)17/h3-4,7-8H,1-2,5-6H2,(H,14,15)(H,16,17)/t7-,8+/m1/s1. The normalized spacial score (nSPS) is 22.9. The number of carbonyl (C=O) groups excluding carboxylic acids is 1. The second kappa shape index (κ2) is 5.71. The van der Waals surface area contributed by atoms with E-state index >= 15 is 0 Å². The van der Waals surface area contributed by atoms with Crippen molar-refractivity contribution in [2.75, 3.05) is 0 Å². The van der Waals surface area contributed by atoms with Crippen molar-refractivity contribution < 1.29 is 14.7 Å². The van der Waals surface area contributed by atoms with E-state index in [0.717, 1.165) is 4.88 Å². The van der Waals surface area contributed by atoms with Gasteiger partial charge < -0.3 is 10.4 Å². The van der Waals surface area contributed by atoms with Gasteiger partial charge in [-0.1, -0.05) is 11.6 Å². The third-order valence-electron chi connectivity index (χ3n) is 3.22. The van der Waals surface area contributed by atoms with Crippen molar-refractivity contribution in [1.29, 1.82) is 0 Å². The Kier molecular flexibility index (Phi) is 4.24. The third kappa shape index (κ3) is 3.23. The molecular weight excluding hydrogens is 274 g/mol. The van der Waals surface area contributed by atoms with Crippen LogP contribution in [-0.4, -0.2) is 17.0 Å². The minimum atomic E-state index is -0.796. The second-order valence-corrected chi connectivity index (χ2v) is 6.27. The van der Waals surface area contributed by atoms with Crippen molar-refractivity contribution in [2.45, 2.75) is 25.8 Å². The van der Waals surface area contributed by atoms with E-state index < -0.39 is 5.97 Å². The van der Waals surface area contributed by atoms with E-state index in [0.29, 0.717) is 30.1 Å². The van der Waals surface area contributed by atoms with Gasteiger partial charge in [-0.15, -0.1) is 11.3 Å². The zero-order chi connectivity index (χ0) is 13.1. The summed E-state index contributed by atoms with van der Waals surface area (Å²) >= 11 is 7.23. The molecule has 4 nitrogen and oxygen atoms in total. The zero-order valence-corrected chi connectivity index (χ0v) is 11.3. The van der Waals surface area contributed by atoms with Gasteiger partial charge in [0, 0.05) is 10.8 Å². The van der Waals surface area contributed by atoms with Crippen LogP contribution >= 0.6 is 22.9 Å². The van der Waals surface area contributed by atoms with Gasteiger partial charge in [-0.2, -0.15) is 0 Å². The van der Waals surface area contributed by atoms with Gasteiger partial charge in [0.25, 0.3) is 0 Å². The Morgan fingerprint density at radius 3 is 2.67 bits per heavy atom. The molecule has 1 fully saturated rings. The van der Waals surface area contributed by atoms with E-state index in [1.54, 1.807) is 6.07 Å². The Hall–Kier alpha value is -1.07. The Balaban J connectivity index is 1.80. The van der Waals surface area contributed by atoms with E-state index in [9.17, 15) is 9.59 Å². The number of aliphatic carboxylic acids is 1. The first-order valence-electron chi connectivity index (χ1n) is 5.81. The first-order chi connectivity index (χ1) is 8.56. The van der Waals surface area contributed by atoms with Crippen LogP contribution in [0.5, 0.6) is 0 Å². The van der Waals surface area contributed by atoms with Gasteiger partial charge in [-0.25, -0.2) is 0 Å². The maximum atomic E-state index is 11.9. The summed E-state index contributed by atoms with van der Waals surface area (Å²) in [6.45, 7) is 0.463. The first kappa shape index (κ1) is 13.4. The third-order valence-corrected chi connectivity index (χ3v) is 4.45. The van der Waals surface area contributed by atoms with Gasteiger partial charge in [0.05, 0.1) is 16.8 Å². The lowest BCUT2D eigenvalue weighted by Crippen LogP contribution is -2.29. The fourth-order valence-corrected chi connectivity index (χ4v) is 3.24. The fraction of sp³-hybridized carbons (Fsp3) is 0.500. The van der Waals surface area contributed by atoms with Crippen molar-refractivity contribution in [3.8, 4) is 0 Å². The van der Waals surface area contributed by atoms with Crippen LogP contribution in [0, 0.1) is 11.8 Å². The fourth-order valence-electron chi connectivity index (χ4n) is 2.21. The predicted octanol–water partition coefficient (Wildman–Crippen LogP) is 2.52.